The number of nitrogens with zero attached hydrogens (tertiary/aromatic N) is 2. The van der Waals surface area contributed by atoms with Crippen molar-refractivity contribution in [2.24, 2.45) is 5.73 Å². The summed E-state index contributed by atoms with van der Waals surface area (Å²) in [6.07, 6.45) is 0. The molecule has 0 spiro atoms. The molecule has 1 unspecified atom stereocenters. The fourth-order valence-electron chi connectivity index (χ4n) is 1.69. The molecule has 1 heterocycles. The summed E-state index contributed by atoms with van der Waals surface area (Å²) in [5, 5.41) is 3.99. The first-order valence-corrected chi connectivity index (χ1v) is 6.27. The number of aromatic nitrogens is 2. The largest absolute Gasteiger partial charge is 0.494 e. The van der Waals surface area contributed by atoms with Crippen LogP contribution in [0.3, 0.4) is 0 Å². The van der Waals surface area contributed by atoms with E-state index in [1.807, 2.05) is 38.1 Å². The fraction of sp³-hybridized carbons (Fsp3) is 0.333. The molecule has 0 saturated heterocycles. The van der Waals surface area contributed by atoms with Crippen LogP contribution in [0.2, 0.25) is 0 Å². The van der Waals surface area contributed by atoms with E-state index < -0.39 is 0 Å². The number of hydrogen-bond acceptors (Lipinski definition) is 5. The van der Waals surface area contributed by atoms with Crippen LogP contribution in [0.1, 0.15) is 29.1 Å². The Bertz CT molecular complexity index is 498. The van der Waals surface area contributed by atoms with Crippen molar-refractivity contribution in [2.45, 2.75) is 19.9 Å². The van der Waals surface area contributed by atoms with Gasteiger partial charge in [0.25, 0.3) is 0 Å². The summed E-state index contributed by atoms with van der Waals surface area (Å²) < 4.78 is 9.49. The second kappa shape index (κ2) is 5.25. The highest BCUT2D eigenvalue weighted by molar-refractivity contribution is 7.05. The van der Waals surface area contributed by atoms with E-state index in [1.54, 1.807) is 0 Å². The number of ether oxygens (including phenoxy) is 1. The highest BCUT2D eigenvalue weighted by Gasteiger charge is 2.18. The van der Waals surface area contributed by atoms with Crippen LogP contribution in [0, 0.1) is 6.92 Å². The number of aryl methyl sites for hydroxylation is 1. The van der Waals surface area contributed by atoms with E-state index in [-0.39, 0.29) is 6.04 Å². The quantitative estimate of drug-likeness (QED) is 0.903. The third kappa shape index (κ3) is 2.45. The average Bonchev–Trinajstić information content (AvgIpc) is 2.76. The van der Waals surface area contributed by atoms with Gasteiger partial charge in [-0.1, -0.05) is 22.7 Å². The minimum absolute atomic E-state index is 0.224. The minimum atomic E-state index is -0.224. The normalized spacial score (nSPS) is 12.4. The van der Waals surface area contributed by atoms with Gasteiger partial charge in [0.15, 0.2) is 0 Å². The van der Waals surface area contributed by atoms with Gasteiger partial charge in [-0.25, -0.2) is 0 Å². The van der Waals surface area contributed by atoms with Gasteiger partial charge in [-0.2, -0.15) is 0 Å². The van der Waals surface area contributed by atoms with Crippen LogP contribution < -0.4 is 10.5 Å². The Morgan fingerprint density at radius 2 is 2.18 bits per heavy atom. The van der Waals surface area contributed by atoms with Crippen molar-refractivity contribution in [2.75, 3.05) is 6.61 Å². The molecule has 1 atom stereocenters. The lowest BCUT2D eigenvalue weighted by Gasteiger charge is -2.15. The molecule has 2 N–H and O–H groups in total. The van der Waals surface area contributed by atoms with Gasteiger partial charge in [0.2, 0.25) is 0 Å². The Hall–Kier alpha value is -1.46. The SMILES string of the molecule is CCOc1ccccc1C(N)c1snnc1C. The maximum atomic E-state index is 6.24. The zero-order valence-electron chi connectivity index (χ0n) is 9.88. The van der Waals surface area contributed by atoms with Crippen molar-refractivity contribution in [1.29, 1.82) is 0 Å². The molecule has 2 aromatic rings. The third-order valence-electron chi connectivity index (χ3n) is 2.52. The molecule has 5 heteroatoms. The summed E-state index contributed by atoms with van der Waals surface area (Å²) in [4.78, 5) is 0.983. The highest BCUT2D eigenvalue weighted by atomic mass is 32.1. The molecule has 2 rings (SSSR count). The predicted molar refractivity (Wildman–Crippen MR) is 68.3 cm³/mol. The van der Waals surface area contributed by atoms with Crippen molar-refractivity contribution in [3.8, 4) is 5.75 Å². The molecule has 0 fully saturated rings. The van der Waals surface area contributed by atoms with Crippen molar-refractivity contribution < 1.29 is 4.74 Å². The van der Waals surface area contributed by atoms with Crippen molar-refractivity contribution in [1.82, 2.24) is 9.59 Å². The lowest BCUT2D eigenvalue weighted by atomic mass is 10.0. The number of hydrogen-bond donors (Lipinski definition) is 1. The second-order valence-electron chi connectivity index (χ2n) is 3.67. The molecule has 0 aliphatic rings. The van der Waals surface area contributed by atoms with E-state index >= 15 is 0 Å². The standard InChI is InChI=1S/C12H15N3OS/c1-3-16-10-7-5-4-6-9(10)11(13)12-8(2)14-15-17-12/h4-7,11H,3,13H2,1-2H3. The monoisotopic (exact) mass is 249 g/mol. The summed E-state index contributed by atoms with van der Waals surface area (Å²) in [6, 6.07) is 7.59. The van der Waals surface area contributed by atoms with Gasteiger partial charge in [-0.05, 0) is 31.4 Å². The minimum Gasteiger partial charge on any atom is -0.494 e. The lowest BCUT2D eigenvalue weighted by molar-refractivity contribution is 0.335. The van der Waals surface area contributed by atoms with E-state index in [0.717, 1.165) is 21.9 Å². The van der Waals surface area contributed by atoms with Crippen molar-refractivity contribution in [3.63, 3.8) is 0 Å². The zero-order chi connectivity index (χ0) is 12.3. The maximum absolute atomic E-state index is 6.24. The zero-order valence-corrected chi connectivity index (χ0v) is 10.7. The van der Waals surface area contributed by atoms with Crippen molar-refractivity contribution >= 4 is 11.5 Å². The van der Waals surface area contributed by atoms with Crippen LogP contribution in [-0.4, -0.2) is 16.2 Å². The van der Waals surface area contributed by atoms with Gasteiger partial charge in [-0.3, -0.25) is 0 Å². The van der Waals surface area contributed by atoms with E-state index in [2.05, 4.69) is 9.59 Å². The second-order valence-corrected chi connectivity index (χ2v) is 4.46. The van der Waals surface area contributed by atoms with Crippen LogP contribution in [0.4, 0.5) is 0 Å². The molecule has 90 valence electrons. The topological polar surface area (TPSA) is 61.0 Å². The first-order chi connectivity index (χ1) is 8.24. The Morgan fingerprint density at radius 3 is 2.82 bits per heavy atom. The summed E-state index contributed by atoms with van der Waals surface area (Å²) in [6.45, 7) is 4.51. The Morgan fingerprint density at radius 1 is 1.41 bits per heavy atom. The van der Waals surface area contributed by atoms with Gasteiger partial charge in [0.1, 0.15) is 5.75 Å². The number of nitrogens with two attached hydrogens (primary N) is 1. The van der Waals surface area contributed by atoms with Gasteiger partial charge < -0.3 is 10.5 Å². The number of rotatable bonds is 4. The van der Waals surface area contributed by atoms with E-state index in [9.17, 15) is 0 Å². The number of para-hydroxylation sites is 1. The van der Waals surface area contributed by atoms with Gasteiger partial charge >= 0.3 is 0 Å². The molecule has 1 aromatic carbocycles. The van der Waals surface area contributed by atoms with Gasteiger partial charge in [0.05, 0.1) is 23.2 Å². The molecule has 17 heavy (non-hydrogen) atoms. The summed E-state index contributed by atoms with van der Waals surface area (Å²) in [7, 11) is 0. The highest BCUT2D eigenvalue weighted by Crippen LogP contribution is 2.30. The molecule has 0 aliphatic carbocycles. The fourth-order valence-corrected chi connectivity index (χ4v) is 2.35. The smallest absolute Gasteiger partial charge is 0.124 e. The molecular weight excluding hydrogens is 234 g/mol. The Balaban J connectivity index is 2.37. The lowest BCUT2D eigenvalue weighted by Crippen LogP contribution is -2.13. The van der Waals surface area contributed by atoms with E-state index in [4.69, 9.17) is 10.5 Å². The van der Waals surface area contributed by atoms with E-state index in [1.165, 1.54) is 11.5 Å². The molecule has 0 amide bonds. The molecule has 0 radical (unpaired) electrons. The summed E-state index contributed by atoms with van der Waals surface area (Å²) in [5.41, 5.74) is 8.10. The van der Waals surface area contributed by atoms with Crippen LogP contribution >= 0.6 is 11.5 Å². The maximum Gasteiger partial charge on any atom is 0.124 e. The molecule has 0 saturated carbocycles. The molecule has 0 aliphatic heterocycles. The molecule has 1 aromatic heterocycles. The molecular formula is C12H15N3OS. The van der Waals surface area contributed by atoms with Crippen LogP contribution in [0.25, 0.3) is 0 Å². The van der Waals surface area contributed by atoms with Gasteiger partial charge in [0, 0.05) is 5.56 Å². The summed E-state index contributed by atoms with van der Waals surface area (Å²) in [5.74, 6) is 0.829. The van der Waals surface area contributed by atoms with E-state index in [0.29, 0.717) is 6.61 Å². The third-order valence-corrected chi connectivity index (χ3v) is 3.43. The van der Waals surface area contributed by atoms with Gasteiger partial charge in [-0.15, -0.1) is 5.10 Å². The Kier molecular flexibility index (Phi) is 3.71. The first kappa shape index (κ1) is 12.0. The molecule has 4 nitrogen and oxygen atoms in total. The average molecular weight is 249 g/mol. The predicted octanol–water partition coefficient (Wildman–Crippen LogP) is 2.29. The molecule has 0 bridgehead atoms. The van der Waals surface area contributed by atoms with Crippen LogP contribution in [0.5, 0.6) is 5.75 Å². The van der Waals surface area contributed by atoms with Crippen molar-refractivity contribution in [3.05, 3.63) is 40.4 Å². The Labute approximate surface area is 105 Å². The van der Waals surface area contributed by atoms with Crippen LogP contribution in [0.15, 0.2) is 24.3 Å². The van der Waals surface area contributed by atoms with Crippen LogP contribution in [-0.2, 0) is 0 Å². The summed E-state index contributed by atoms with van der Waals surface area (Å²) >= 11 is 1.34. The first-order valence-electron chi connectivity index (χ1n) is 5.50. The number of benzene rings is 1.